The van der Waals surface area contributed by atoms with Crippen molar-refractivity contribution in [1.82, 2.24) is 9.80 Å². The van der Waals surface area contributed by atoms with Gasteiger partial charge in [0.05, 0.1) is 29.6 Å². The van der Waals surface area contributed by atoms with Gasteiger partial charge in [-0.2, -0.15) is 0 Å². The molecule has 1 atom stereocenters. The van der Waals surface area contributed by atoms with Crippen molar-refractivity contribution in [3.63, 3.8) is 0 Å². The van der Waals surface area contributed by atoms with E-state index in [1.54, 1.807) is 7.11 Å². The highest BCUT2D eigenvalue weighted by molar-refractivity contribution is 6.42. The van der Waals surface area contributed by atoms with Crippen LogP contribution in [0.15, 0.2) is 30.3 Å². The van der Waals surface area contributed by atoms with Gasteiger partial charge >= 0.3 is 5.97 Å². The Hall–Kier alpha value is -2.81. The minimum absolute atomic E-state index is 0.158. The van der Waals surface area contributed by atoms with Crippen molar-refractivity contribution in [2.75, 3.05) is 26.8 Å². The highest BCUT2D eigenvalue weighted by Crippen LogP contribution is 2.43. The maximum atomic E-state index is 11.9. The van der Waals surface area contributed by atoms with Crippen molar-refractivity contribution in [2.24, 2.45) is 11.8 Å². The Bertz CT molecular complexity index is 1290. The Morgan fingerprint density at radius 3 is 2.41 bits per heavy atom. The zero-order valence-electron chi connectivity index (χ0n) is 23.2. The summed E-state index contributed by atoms with van der Waals surface area (Å²) in [4.78, 5) is 39.0. The number of rotatable bonds is 11. The standard InChI is InChI=1S/C31H36Cl2N2O6/c1-40-27-16-20(4-11-26(27)41-15-14-35-28(36)12-13-29(35)37)18-34(17-19-2-5-21(6-3-19)31(38)39)25-10-8-23-22(25)7-9-24(32)30(23)33/h4,7,9,11,16,19,21,25H,2-3,5-6,8,10,12-15,17-18H2,1H3,(H,38,39)/t19-,21-,25-/m0/s1. The molecule has 5 rings (SSSR count). The average Bonchev–Trinajstić information content (AvgIpc) is 3.54. The number of methoxy groups -OCH3 is 1. The molecular formula is C31H36Cl2N2O6. The van der Waals surface area contributed by atoms with E-state index in [1.807, 2.05) is 24.3 Å². The summed E-state index contributed by atoms with van der Waals surface area (Å²) in [6.45, 7) is 1.94. The summed E-state index contributed by atoms with van der Waals surface area (Å²) in [5, 5.41) is 10.7. The number of carboxylic acid groups (broad SMARTS) is 1. The smallest absolute Gasteiger partial charge is 0.306 e. The number of benzene rings is 2. The second kappa shape index (κ2) is 13.0. The van der Waals surface area contributed by atoms with Crippen molar-refractivity contribution in [1.29, 1.82) is 0 Å². The van der Waals surface area contributed by atoms with E-state index in [4.69, 9.17) is 32.7 Å². The molecule has 0 aromatic heterocycles. The third-order valence-electron chi connectivity index (χ3n) is 8.73. The first-order valence-electron chi connectivity index (χ1n) is 14.3. The number of nitrogens with zero attached hydrogens (tertiary/aromatic N) is 2. The van der Waals surface area contributed by atoms with Crippen molar-refractivity contribution in [3.05, 3.63) is 57.1 Å². The third-order valence-corrected chi connectivity index (χ3v) is 9.57. The SMILES string of the molecule is COc1cc(CN(C[C@H]2CC[C@H](C(=O)O)CC2)[C@H]2CCc3c2ccc(Cl)c3Cl)ccc1OCCN1C(=O)CCC1=O. The summed E-state index contributed by atoms with van der Waals surface area (Å²) in [5.74, 6) is 0.310. The second-order valence-electron chi connectivity index (χ2n) is 11.2. The molecular weight excluding hydrogens is 567 g/mol. The highest BCUT2D eigenvalue weighted by atomic mass is 35.5. The maximum absolute atomic E-state index is 11.9. The summed E-state index contributed by atoms with van der Waals surface area (Å²) in [6, 6.07) is 9.99. The molecule has 2 amide bonds. The Morgan fingerprint density at radius 1 is 1.00 bits per heavy atom. The average molecular weight is 604 g/mol. The van der Waals surface area contributed by atoms with Crippen molar-refractivity contribution >= 4 is 41.0 Å². The van der Waals surface area contributed by atoms with Crippen molar-refractivity contribution in [3.8, 4) is 11.5 Å². The monoisotopic (exact) mass is 602 g/mol. The molecule has 0 radical (unpaired) electrons. The zero-order chi connectivity index (χ0) is 29.1. The fraction of sp³-hybridized carbons (Fsp3) is 0.516. The van der Waals surface area contributed by atoms with Gasteiger partial charge in [0.2, 0.25) is 11.8 Å². The van der Waals surface area contributed by atoms with Crippen molar-refractivity contribution < 1.29 is 29.0 Å². The van der Waals surface area contributed by atoms with Crippen LogP contribution < -0.4 is 9.47 Å². The number of amides is 2. The summed E-state index contributed by atoms with van der Waals surface area (Å²) < 4.78 is 11.6. The van der Waals surface area contributed by atoms with Gasteiger partial charge in [0.1, 0.15) is 6.61 Å². The number of hydrogen-bond acceptors (Lipinski definition) is 6. The van der Waals surface area contributed by atoms with Crippen LogP contribution in [0.5, 0.6) is 11.5 Å². The first-order valence-corrected chi connectivity index (χ1v) is 15.1. The number of ether oxygens (including phenoxy) is 2. The largest absolute Gasteiger partial charge is 0.493 e. The minimum Gasteiger partial charge on any atom is -0.493 e. The van der Waals surface area contributed by atoms with Gasteiger partial charge < -0.3 is 14.6 Å². The number of carboxylic acids is 1. The summed E-state index contributed by atoms with van der Waals surface area (Å²) in [7, 11) is 1.59. The van der Waals surface area contributed by atoms with Gasteiger partial charge in [-0.1, -0.05) is 35.3 Å². The Balaban J connectivity index is 1.31. The highest BCUT2D eigenvalue weighted by Gasteiger charge is 2.34. The van der Waals surface area contributed by atoms with Crippen LogP contribution in [-0.4, -0.2) is 59.5 Å². The molecule has 1 N–H and O–H groups in total. The molecule has 41 heavy (non-hydrogen) atoms. The first-order chi connectivity index (χ1) is 19.7. The number of fused-ring (bicyclic) bond motifs is 1. The van der Waals surface area contributed by atoms with Gasteiger partial charge in [0, 0.05) is 32.0 Å². The molecule has 1 saturated heterocycles. The summed E-state index contributed by atoms with van der Waals surface area (Å²) in [5.41, 5.74) is 3.38. The Kier molecular flexibility index (Phi) is 9.42. The van der Waals surface area contributed by atoms with E-state index in [-0.39, 0.29) is 49.8 Å². The first kappa shape index (κ1) is 29.7. The number of halogens is 2. The molecule has 2 aliphatic carbocycles. The number of carbonyl (C=O) groups is 3. The van der Waals surface area contributed by atoms with Crippen LogP contribution in [0.2, 0.25) is 10.0 Å². The van der Waals surface area contributed by atoms with Gasteiger partial charge in [-0.25, -0.2) is 0 Å². The van der Waals surface area contributed by atoms with Gasteiger partial charge in [0.15, 0.2) is 11.5 Å². The van der Waals surface area contributed by atoms with E-state index in [0.717, 1.165) is 43.4 Å². The quantitative estimate of drug-likeness (QED) is 0.319. The van der Waals surface area contributed by atoms with Crippen LogP contribution in [0.3, 0.4) is 0 Å². The number of imide groups is 1. The molecule has 1 aliphatic heterocycles. The predicted molar refractivity (Wildman–Crippen MR) is 155 cm³/mol. The van der Waals surface area contributed by atoms with Gasteiger partial charge in [0.25, 0.3) is 0 Å². The van der Waals surface area contributed by atoms with Gasteiger partial charge in [-0.15, -0.1) is 0 Å². The molecule has 8 nitrogen and oxygen atoms in total. The molecule has 0 unspecified atom stereocenters. The molecule has 10 heteroatoms. The summed E-state index contributed by atoms with van der Waals surface area (Å²) in [6.07, 6.45) is 5.54. The number of likely N-dealkylation sites (tertiary alicyclic amines) is 1. The van der Waals surface area contributed by atoms with E-state index >= 15 is 0 Å². The van der Waals surface area contributed by atoms with Crippen LogP contribution in [0.25, 0.3) is 0 Å². The molecule has 2 aromatic carbocycles. The van der Waals surface area contributed by atoms with Crippen LogP contribution in [0, 0.1) is 11.8 Å². The van der Waals surface area contributed by atoms with Crippen molar-refractivity contribution in [2.45, 2.75) is 64.0 Å². The van der Waals surface area contributed by atoms with Gasteiger partial charge in [-0.3, -0.25) is 24.2 Å². The van der Waals surface area contributed by atoms with E-state index in [1.165, 1.54) is 10.5 Å². The normalized spacial score (nSPS) is 22.3. The topological polar surface area (TPSA) is 96.4 Å². The molecule has 1 heterocycles. The maximum Gasteiger partial charge on any atom is 0.306 e. The molecule has 220 valence electrons. The lowest BCUT2D eigenvalue weighted by Gasteiger charge is -2.35. The Morgan fingerprint density at radius 2 is 1.73 bits per heavy atom. The predicted octanol–water partition coefficient (Wildman–Crippen LogP) is 5.91. The second-order valence-corrected chi connectivity index (χ2v) is 12.0. The molecule has 3 aliphatic rings. The molecule has 0 bridgehead atoms. The van der Waals surface area contributed by atoms with E-state index in [0.29, 0.717) is 46.8 Å². The fourth-order valence-corrected chi connectivity index (χ4v) is 6.94. The van der Waals surface area contributed by atoms with Gasteiger partial charge in [-0.05, 0) is 79.3 Å². The van der Waals surface area contributed by atoms with E-state index in [9.17, 15) is 19.5 Å². The van der Waals surface area contributed by atoms with E-state index in [2.05, 4.69) is 11.0 Å². The van der Waals surface area contributed by atoms with E-state index < -0.39 is 5.97 Å². The molecule has 2 aromatic rings. The molecule has 2 fully saturated rings. The lowest BCUT2D eigenvalue weighted by Crippen LogP contribution is -2.34. The molecule has 0 spiro atoms. The number of aliphatic carboxylic acids is 1. The van der Waals surface area contributed by atoms with Crippen LogP contribution in [0.1, 0.15) is 67.7 Å². The number of carbonyl (C=O) groups excluding carboxylic acids is 2. The zero-order valence-corrected chi connectivity index (χ0v) is 24.8. The lowest BCUT2D eigenvalue weighted by molar-refractivity contribution is -0.143. The molecule has 1 saturated carbocycles. The minimum atomic E-state index is -0.690. The van der Waals surface area contributed by atoms with Crippen LogP contribution >= 0.6 is 23.2 Å². The fourth-order valence-electron chi connectivity index (χ4n) is 6.50. The van der Waals surface area contributed by atoms with Crippen LogP contribution in [0.4, 0.5) is 0 Å². The third kappa shape index (κ3) is 6.65. The summed E-state index contributed by atoms with van der Waals surface area (Å²) >= 11 is 12.9. The van der Waals surface area contributed by atoms with Crippen LogP contribution in [-0.2, 0) is 27.3 Å². The lowest BCUT2D eigenvalue weighted by atomic mass is 9.81. The Labute approximate surface area is 250 Å². The number of hydrogen-bond donors (Lipinski definition) is 1.